The van der Waals surface area contributed by atoms with Gasteiger partial charge in [0.2, 0.25) is 0 Å². The molecular formula is C20H18N6O2. The molecule has 0 fully saturated rings. The molecule has 8 nitrogen and oxygen atoms in total. The number of nitrogens with zero attached hydrogens (tertiary/aromatic N) is 2. The smallest absolute Gasteiger partial charge is 0.323 e. The molecule has 0 saturated carbocycles. The molecule has 0 radical (unpaired) electrons. The van der Waals surface area contributed by atoms with E-state index in [9.17, 15) is 9.59 Å². The van der Waals surface area contributed by atoms with Gasteiger partial charge in [0.25, 0.3) is 5.56 Å². The molecule has 3 aromatic heterocycles. The number of nitrogens with two attached hydrogens (primary N) is 1. The van der Waals surface area contributed by atoms with E-state index in [4.69, 9.17) is 5.73 Å². The van der Waals surface area contributed by atoms with Crippen molar-refractivity contribution in [1.29, 1.82) is 0 Å². The van der Waals surface area contributed by atoms with Crippen molar-refractivity contribution in [3.05, 3.63) is 63.4 Å². The van der Waals surface area contributed by atoms with Crippen molar-refractivity contribution in [3.8, 4) is 11.3 Å². The average molecular weight is 374 g/mol. The highest BCUT2D eigenvalue weighted by atomic mass is 16.1. The zero-order valence-corrected chi connectivity index (χ0v) is 15.0. The van der Waals surface area contributed by atoms with Crippen molar-refractivity contribution < 1.29 is 0 Å². The molecule has 5 rings (SSSR count). The molecule has 0 saturated heterocycles. The zero-order chi connectivity index (χ0) is 19.3. The fraction of sp³-hybridized carbons (Fsp3) is 0.150. The molecule has 0 aliphatic carbocycles. The summed E-state index contributed by atoms with van der Waals surface area (Å²) in [6, 6.07) is 11.4. The Morgan fingerprint density at radius 2 is 1.79 bits per heavy atom. The van der Waals surface area contributed by atoms with Gasteiger partial charge in [0.1, 0.15) is 5.69 Å². The van der Waals surface area contributed by atoms with E-state index >= 15 is 0 Å². The van der Waals surface area contributed by atoms with Crippen LogP contribution in [0.15, 0.2) is 52.2 Å². The van der Waals surface area contributed by atoms with Crippen molar-refractivity contribution in [3.63, 3.8) is 0 Å². The Bertz CT molecular complexity index is 1450. The van der Waals surface area contributed by atoms with Crippen LogP contribution in [0.3, 0.4) is 0 Å². The van der Waals surface area contributed by atoms with Gasteiger partial charge in [-0.1, -0.05) is 18.2 Å². The van der Waals surface area contributed by atoms with Gasteiger partial charge >= 0.3 is 5.69 Å². The van der Waals surface area contributed by atoms with E-state index in [2.05, 4.69) is 24.5 Å². The van der Waals surface area contributed by atoms with Crippen LogP contribution in [0.25, 0.3) is 44.2 Å². The van der Waals surface area contributed by atoms with Crippen LogP contribution in [0.2, 0.25) is 0 Å². The minimum atomic E-state index is -0.296. The first kappa shape index (κ1) is 16.5. The van der Waals surface area contributed by atoms with Crippen molar-refractivity contribution in [1.82, 2.24) is 24.5 Å². The Labute approximate surface area is 158 Å². The number of fused-ring (bicyclic) bond motifs is 3. The number of aromatic nitrogens is 5. The average Bonchev–Trinajstić information content (AvgIpc) is 3.23. The molecule has 8 heteroatoms. The van der Waals surface area contributed by atoms with Crippen LogP contribution in [0, 0.1) is 0 Å². The van der Waals surface area contributed by atoms with Gasteiger partial charge in [-0.25, -0.2) is 9.78 Å². The molecule has 28 heavy (non-hydrogen) atoms. The number of benzene rings is 2. The molecule has 5 aromatic rings. The summed E-state index contributed by atoms with van der Waals surface area (Å²) in [6.07, 6.45) is 2.80. The molecule has 0 aliphatic heterocycles. The normalized spacial score (nSPS) is 11.8. The molecular weight excluding hydrogens is 356 g/mol. The third-order valence-corrected chi connectivity index (χ3v) is 4.97. The fourth-order valence-corrected chi connectivity index (χ4v) is 3.68. The van der Waals surface area contributed by atoms with Crippen LogP contribution in [-0.2, 0) is 6.54 Å². The summed E-state index contributed by atoms with van der Waals surface area (Å²) < 4.78 is 2.11. The number of para-hydroxylation sites is 1. The summed E-state index contributed by atoms with van der Waals surface area (Å²) in [6.45, 7) is 1.37. The number of H-pyrrole nitrogens is 3. The highest BCUT2D eigenvalue weighted by Gasteiger charge is 2.15. The first-order valence-electron chi connectivity index (χ1n) is 9.08. The second kappa shape index (κ2) is 6.21. The van der Waals surface area contributed by atoms with E-state index in [1.807, 2.05) is 30.5 Å². The summed E-state index contributed by atoms with van der Waals surface area (Å²) in [4.78, 5) is 37.3. The number of rotatable bonds is 4. The largest absolute Gasteiger partial charge is 0.347 e. The van der Waals surface area contributed by atoms with Gasteiger partial charge in [-0.2, -0.15) is 0 Å². The van der Waals surface area contributed by atoms with E-state index in [1.165, 1.54) is 0 Å². The molecule has 140 valence electrons. The number of hydrogen-bond donors (Lipinski definition) is 4. The topological polar surface area (TPSA) is 125 Å². The maximum Gasteiger partial charge on any atom is 0.323 e. The molecule has 0 bridgehead atoms. The SMILES string of the molecule is NCCCn1cc(-c2nc3cc4[nH]c(=O)[nH]c4cc3[nH]c2=O)c2ccccc21. The van der Waals surface area contributed by atoms with E-state index < -0.39 is 0 Å². The second-order valence-electron chi connectivity index (χ2n) is 6.80. The van der Waals surface area contributed by atoms with E-state index in [1.54, 1.807) is 12.1 Å². The van der Waals surface area contributed by atoms with Crippen LogP contribution in [0.5, 0.6) is 0 Å². The quantitative estimate of drug-likeness (QED) is 0.384. The number of hydrogen-bond acceptors (Lipinski definition) is 4. The predicted octanol–water partition coefficient (Wildman–Crippen LogP) is 2.06. The Hall–Kier alpha value is -3.65. The number of aryl methyl sites for hydroxylation is 1. The maximum absolute atomic E-state index is 12.8. The van der Waals surface area contributed by atoms with Crippen LogP contribution in [0.4, 0.5) is 0 Å². The third kappa shape index (κ3) is 2.54. The zero-order valence-electron chi connectivity index (χ0n) is 15.0. The Morgan fingerprint density at radius 1 is 1.00 bits per heavy atom. The number of imidazole rings is 1. The second-order valence-corrected chi connectivity index (χ2v) is 6.80. The molecule has 0 spiro atoms. The lowest BCUT2D eigenvalue weighted by atomic mass is 10.1. The lowest BCUT2D eigenvalue weighted by Crippen LogP contribution is -2.11. The molecule has 0 amide bonds. The molecule has 2 aromatic carbocycles. The lowest BCUT2D eigenvalue weighted by molar-refractivity contribution is 0.671. The molecule has 5 N–H and O–H groups in total. The number of aromatic amines is 3. The summed E-state index contributed by atoms with van der Waals surface area (Å²) >= 11 is 0. The van der Waals surface area contributed by atoms with Crippen LogP contribution >= 0.6 is 0 Å². The summed E-state index contributed by atoms with van der Waals surface area (Å²) in [5.41, 5.74) is 9.72. The van der Waals surface area contributed by atoms with Gasteiger partial charge in [0.15, 0.2) is 0 Å². The Kier molecular flexibility index (Phi) is 3.66. The van der Waals surface area contributed by atoms with Crippen LogP contribution < -0.4 is 17.0 Å². The van der Waals surface area contributed by atoms with Gasteiger partial charge < -0.3 is 25.3 Å². The predicted molar refractivity (Wildman–Crippen MR) is 109 cm³/mol. The highest BCUT2D eigenvalue weighted by molar-refractivity contribution is 5.97. The molecule has 0 unspecified atom stereocenters. The van der Waals surface area contributed by atoms with Gasteiger partial charge in [-0.05, 0) is 31.2 Å². The van der Waals surface area contributed by atoms with E-state index in [0.29, 0.717) is 34.3 Å². The molecule has 0 atom stereocenters. The maximum atomic E-state index is 12.8. The minimum absolute atomic E-state index is 0.272. The van der Waals surface area contributed by atoms with E-state index in [0.717, 1.165) is 29.4 Å². The van der Waals surface area contributed by atoms with Crippen molar-refractivity contribution in [2.45, 2.75) is 13.0 Å². The van der Waals surface area contributed by atoms with Crippen molar-refractivity contribution >= 4 is 33.0 Å². The third-order valence-electron chi connectivity index (χ3n) is 4.97. The first-order valence-corrected chi connectivity index (χ1v) is 9.08. The van der Waals surface area contributed by atoms with Crippen molar-refractivity contribution in [2.75, 3.05) is 6.54 Å². The van der Waals surface area contributed by atoms with Gasteiger partial charge in [-0.15, -0.1) is 0 Å². The monoisotopic (exact) mass is 374 g/mol. The van der Waals surface area contributed by atoms with Gasteiger partial charge in [-0.3, -0.25) is 4.79 Å². The summed E-state index contributed by atoms with van der Waals surface area (Å²) in [5, 5.41) is 0.966. The summed E-state index contributed by atoms with van der Waals surface area (Å²) in [7, 11) is 0. The lowest BCUT2D eigenvalue weighted by Gasteiger charge is -2.03. The minimum Gasteiger partial charge on any atom is -0.347 e. The first-order chi connectivity index (χ1) is 13.6. The van der Waals surface area contributed by atoms with Crippen LogP contribution in [-0.4, -0.2) is 31.0 Å². The highest BCUT2D eigenvalue weighted by Crippen LogP contribution is 2.29. The Morgan fingerprint density at radius 3 is 2.61 bits per heavy atom. The number of nitrogens with one attached hydrogen (secondary N) is 3. The molecule has 0 aliphatic rings. The molecule has 3 heterocycles. The fourth-order valence-electron chi connectivity index (χ4n) is 3.68. The standard InChI is InChI=1S/C20H18N6O2/c21-6-3-7-26-10-12(11-4-1-2-5-17(11)26)18-19(27)23-14-9-16-15(8-13(14)22-18)24-20(28)25-16/h1-2,4-5,8-10H,3,6-7,21H2,(H,23,27)(H2,24,25,28). The Balaban J connectivity index is 1.76. The van der Waals surface area contributed by atoms with Crippen molar-refractivity contribution in [2.24, 2.45) is 5.73 Å². The van der Waals surface area contributed by atoms with Gasteiger partial charge in [0, 0.05) is 29.2 Å². The van der Waals surface area contributed by atoms with E-state index in [-0.39, 0.29) is 11.2 Å². The summed E-state index contributed by atoms with van der Waals surface area (Å²) in [5.74, 6) is 0. The van der Waals surface area contributed by atoms with Crippen LogP contribution in [0.1, 0.15) is 6.42 Å². The van der Waals surface area contributed by atoms with Gasteiger partial charge in [0.05, 0.1) is 22.1 Å².